The fourth-order valence-corrected chi connectivity index (χ4v) is 8.41. The van der Waals surface area contributed by atoms with Gasteiger partial charge < -0.3 is 84.0 Å². The monoisotopic (exact) mass is 1150 g/mol. The first-order valence-corrected chi connectivity index (χ1v) is 26.0. The lowest BCUT2D eigenvalue weighted by Gasteiger charge is -2.32. The Morgan fingerprint density at radius 2 is 1.08 bits per heavy atom. The number of nitrogens with two attached hydrogens (primary N) is 1. The molecule has 1 aliphatic rings. The van der Waals surface area contributed by atoms with E-state index in [0.29, 0.717) is 11.1 Å². The molecule has 0 spiro atoms. The number of nitrogens with zero attached hydrogens (tertiary/aromatic N) is 1. The number of phenols is 1. The third kappa shape index (κ3) is 20.6. The number of aliphatic hydroxyl groups is 3. The largest absolute Gasteiger partial charge is 0.508 e. The van der Waals surface area contributed by atoms with E-state index in [1.807, 2.05) is 5.32 Å². The van der Waals surface area contributed by atoms with Crippen LogP contribution in [0.2, 0.25) is 0 Å². The van der Waals surface area contributed by atoms with Crippen LogP contribution in [0, 0.1) is 0 Å². The number of amides is 11. The topological polar surface area (TPSA) is 444 Å². The lowest BCUT2D eigenvalue weighted by atomic mass is 10.0. The van der Waals surface area contributed by atoms with Crippen LogP contribution < -0.4 is 53.6 Å². The number of thiol groups is 2. The molecule has 1 saturated heterocycles. The van der Waals surface area contributed by atoms with Crippen LogP contribution in [0.25, 0.3) is 0 Å². The number of carboxylic acids is 1. The first-order valence-electron chi connectivity index (χ1n) is 24.7. The second-order valence-electron chi connectivity index (χ2n) is 18.5. The van der Waals surface area contributed by atoms with Gasteiger partial charge in [-0.3, -0.25) is 57.5 Å². The summed E-state index contributed by atoms with van der Waals surface area (Å²) in [6.07, 6.45) is -4.37. The summed E-state index contributed by atoms with van der Waals surface area (Å²) in [5, 5.41) is 70.8. The highest BCUT2D eigenvalue weighted by Gasteiger charge is 2.42. The molecule has 11 amide bonds. The second kappa shape index (κ2) is 31.8. The SMILES string of the molecule is CC(=O)N[C@@H](CO)C(=O)N[C@@H](CC(=O)O)C(=O)N[C@H](C(=O)N[C@H](C(=O)N1CCC[C@H]1C(=O)N[C@@H](CS)C(=O)N[C@@H](CS)C(=O)N[C@@H](Cc1ccccc1)C(=O)N[C@@H](C)C(=O)N[C@@H](Cc1ccc(O)cc1)C(N)=O)[C@@H](C)O)[C@@H](C)O. The van der Waals surface area contributed by atoms with Crippen molar-refractivity contribution in [3.05, 3.63) is 65.7 Å². The van der Waals surface area contributed by atoms with Gasteiger partial charge in [-0.15, -0.1) is 0 Å². The van der Waals surface area contributed by atoms with Crippen LogP contribution in [0.5, 0.6) is 5.75 Å². The predicted octanol–water partition coefficient (Wildman–Crippen LogP) is -5.86. The van der Waals surface area contributed by atoms with Gasteiger partial charge in [0.15, 0.2) is 0 Å². The average Bonchev–Trinajstić information content (AvgIpc) is 3.89. The van der Waals surface area contributed by atoms with Crippen LogP contribution in [0.15, 0.2) is 54.6 Å². The Bertz CT molecular complexity index is 2510. The summed E-state index contributed by atoms with van der Waals surface area (Å²) in [6, 6.07) is -0.999. The van der Waals surface area contributed by atoms with E-state index in [9.17, 15) is 83.1 Å². The Morgan fingerprint density at radius 1 is 0.595 bits per heavy atom. The van der Waals surface area contributed by atoms with E-state index in [1.165, 1.54) is 31.2 Å². The maximum absolute atomic E-state index is 14.0. The van der Waals surface area contributed by atoms with Crippen molar-refractivity contribution in [2.24, 2.45) is 5.73 Å². The smallest absolute Gasteiger partial charge is 0.305 e. The fourth-order valence-electron chi connectivity index (χ4n) is 7.89. The molecule has 3 rings (SSSR count). The van der Waals surface area contributed by atoms with Crippen LogP contribution in [0.3, 0.4) is 0 Å². The molecule has 30 heteroatoms. The van der Waals surface area contributed by atoms with E-state index in [2.05, 4.69) is 67.8 Å². The first-order chi connectivity index (χ1) is 37.2. The highest BCUT2D eigenvalue weighted by Crippen LogP contribution is 2.20. The van der Waals surface area contributed by atoms with Gasteiger partial charge >= 0.3 is 5.97 Å². The van der Waals surface area contributed by atoms with Crippen LogP contribution in [0.4, 0.5) is 0 Å². The molecule has 0 radical (unpaired) electrons. The predicted molar refractivity (Wildman–Crippen MR) is 285 cm³/mol. The zero-order valence-corrected chi connectivity index (χ0v) is 45.3. The van der Waals surface area contributed by atoms with Gasteiger partial charge in [-0.2, -0.15) is 25.3 Å². The second-order valence-corrected chi connectivity index (χ2v) is 19.3. The minimum absolute atomic E-state index is 0.0171. The summed E-state index contributed by atoms with van der Waals surface area (Å²) in [7, 11) is 0. The van der Waals surface area contributed by atoms with Crippen molar-refractivity contribution in [1.29, 1.82) is 0 Å². The van der Waals surface area contributed by atoms with E-state index in [-0.39, 0.29) is 49.5 Å². The molecule has 1 fully saturated rings. The molecule has 0 aliphatic carbocycles. The molecule has 0 aromatic heterocycles. The molecule has 16 N–H and O–H groups in total. The number of carboxylic acid groups (broad SMARTS) is 1. The minimum Gasteiger partial charge on any atom is -0.508 e. The highest BCUT2D eigenvalue weighted by atomic mass is 32.1. The molecule has 28 nitrogen and oxygen atoms in total. The third-order valence-corrected chi connectivity index (χ3v) is 12.9. The van der Waals surface area contributed by atoms with Gasteiger partial charge in [-0.05, 0) is 56.9 Å². The molecule has 1 aliphatic heterocycles. The number of likely N-dealkylation sites (tertiary alicyclic amines) is 1. The number of benzene rings is 2. The maximum Gasteiger partial charge on any atom is 0.305 e. The van der Waals surface area contributed by atoms with Gasteiger partial charge in [0.05, 0.1) is 25.2 Å². The summed E-state index contributed by atoms with van der Waals surface area (Å²) in [5.74, 6) is -13.0. The molecular formula is C49H69N11O17S2. The highest BCUT2D eigenvalue weighted by molar-refractivity contribution is 7.80. The third-order valence-electron chi connectivity index (χ3n) is 12.2. The number of aliphatic hydroxyl groups excluding tert-OH is 3. The van der Waals surface area contributed by atoms with Gasteiger partial charge in [0.2, 0.25) is 65.0 Å². The average molecular weight is 1150 g/mol. The molecule has 12 atom stereocenters. The van der Waals surface area contributed by atoms with Crippen LogP contribution in [0.1, 0.15) is 58.1 Å². The fraction of sp³-hybridized carbons (Fsp3) is 0.510. The Kier molecular flexibility index (Phi) is 26.4. The number of nitrogens with one attached hydrogen (secondary N) is 9. The van der Waals surface area contributed by atoms with Gasteiger partial charge in [0, 0.05) is 37.8 Å². The van der Waals surface area contributed by atoms with Crippen molar-refractivity contribution in [3.63, 3.8) is 0 Å². The van der Waals surface area contributed by atoms with E-state index < -0.39 is 157 Å². The van der Waals surface area contributed by atoms with Crippen LogP contribution in [-0.2, 0) is 70.4 Å². The first kappa shape index (κ1) is 65.7. The number of phenolic OH excluding ortho intramolecular Hbond substituents is 1. The number of hydrogen-bond donors (Lipinski definition) is 17. The van der Waals surface area contributed by atoms with Gasteiger partial charge in [-0.25, -0.2) is 0 Å². The summed E-state index contributed by atoms with van der Waals surface area (Å²) in [5.41, 5.74) is 6.70. The van der Waals surface area contributed by atoms with Crippen molar-refractivity contribution in [2.45, 2.75) is 132 Å². The van der Waals surface area contributed by atoms with E-state index in [1.54, 1.807) is 30.3 Å². The molecule has 0 unspecified atom stereocenters. The molecule has 434 valence electrons. The Balaban J connectivity index is 1.72. The number of carbonyl (C=O) groups is 12. The van der Waals surface area contributed by atoms with E-state index in [4.69, 9.17) is 5.73 Å². The number of aromatic hydroxyl groups is 1. The standard InChI is InChI=1S/C49H69N11O17S2/c1-23(41(69)53-30(40(50)68)17-28-12-14-29(65)15-13-28)51-42(70)31(18-27-9-6-5-7-10-27)54-45(73)34(21-78)56-46(74)35(22-79)57-47(75)36-11-8-16-60(36)49(77)39(25(3)63)59-48(76)38(24(2)62)58-43(71)32(19-37(66)67)55-44(72)33(20-61)52-26(4)64/h5-7,9-10,12-15,23-25,30-36,38-39,61-63,65,78-79H,8,11,16-22H2,1-4H3,(H2,50,68)(H,51,70)(H,52,64)(H,53,69)(H,54,73)(H,55,72)(H,56,74)(H,57,75)(H,58,71)(H,59,76)(H,66,67)/t23-,24+,25+,30-,31-,32-,33-,34-,35-,36-,38-,39-/m0/s1. The summed E-state index contributed by atoms with van der Waals surface area (Å²) in [4.78, 5) is 158. The molecule has 1 heterocycles. The van der Waals surface area contributed by atoms with E-state index >= 15 is 0 Å². The Morgan fingerprint density at radius 3 is 1.61 bits per heavy atom. The van der Waals surface area contributed by atoms with Gasteiger partial charge in [0.1, 0.15) is 66.2 Å². The number of rotatable bonds is 30. The zero-order chi connectivity index (χ0) is 59.3. The quantitative estimate of drug-likeness (QED) is 0.0324. The summed E-state index contributed by atoms with van der Waals surface area (Å²) in [6.45, 7) is 3.50. The van der Waals surface area contributed by atoms with Crippen LogP contribution in [-0.4, -0.2) is 199 Å². The maximum atomic E-state index is 14.0. The van der Waals surface area contributed by atoms with Gasteiger partial charge in [-0.1, -0.05) is 42.5 Å². The normalized spacial score (nSPS) is 17.1. The van der Waals surface area contributed by atoms with Crippen molar-refractivity contribution >= 4 is 96.2 Å². The Labute approximate surface area is 464 Å². The van der Waals surface area contributed by atoms with Crippen molar-refractivity contribution < 1.29 is 83.1 Å². The minimum atomic E-state index is -1.95. The number of hydrogen-bond acceptors (Lipinski definition) is 18. The number of aliphatic carboxylic acids is 1. The van der Waals surface area contributed by atoms with Crippen molar-refractivity contribution in [2.75, 3.05) is 24.7 Å². The zero-order valence-electron chi connectivity index (χ0n) is 43.5. The summed E-state index contributed by atoms with van der Waals surface area (Å²) < 4.78 is 0. The Hall–Kier alpha value is -7.54. The molecule has 79 heavy (non-hydrogen) atoms. The van der Waals surface area contributed by atoms with Crippen molar-refractivity contribution in [1.82, 2.24) is 52.8 Å². The molecule has 0 bridgehead atoms. The summed E-state index contributed by atoms with van der Waals surface area (Å²) >= 11 is 8.44. The molecule has 0 saturated carbocycles. The molecule has 2 aromatic rings. The molecule has 2 aromatic carbocycles. The lowest BCUT2D eigenvalue weighted by molar-refractivity contribution is -0.145. The van der Waals surface area contributed by atoms with Gasteiger partial charge in [0.25, 0.3) is 0 Å². The van der Waals surface area contributed by atoms with Crippen molar-refractivity contribution in [3.8, 4) is 5.75 Å². The van der Waals surface area contributed by atoms with E-state index in [0.717, 1.165) is 25.7 Å². The lowest BCUT2D eigenvalue weighted by Crippen LogP contribution is -2.63. The number of carbonyl (C=O) groups excluding carboxylic acids is 11. The number of primary amides is 1. The van der Waals surface area contributed by atoms with Crippen LogP contribution >= 0.6 is 25.3 Å². The molecular weight excluding hydrogens is 1080 g/mol.